The van der Waals surface area contributed by atoms with E-state index in [1.165, 1.54) is 12.8 Å². The molecule has 3 rings (SSSR count). The Hall–Kier alpha value is -1.78. The molecule has 1 N–H and O–H groups in total. The quantitative estimate of drug-likeness (QED) is 0.922. The normalized spacial score (nSPS) is 16.9. The van der Waals surface area contributed by atoms with E-state index in [0.717, 1.165) is 35.2 Å². The molecule has 2 aromatic carbocycles. The molecule has 2 aromatic rings. The largest absolute Gasteiger partial charge is 0.493 e. The van der Waals surface area contributed by atoms with E-state index >= 15 is 0 Å². The molecule has 0 aliphatic carbocycles. The van der Waals surface area contributed by atoms with Crippen LogP contribution >= 0.6 is 0 Å². The van der Waals surface area contributed by atoms with Crippen LogP contribution in [0.1, 0.15) is 24.5 Å². The summed E-state index contributed by atoms with van der Waals surface area (Å²) >= 11 is 0. The highest BCUT2D eigenvalue weighted by molar-refractivity contribution is 5.86. The molecule has 0 amide bonds. The third-order valence-electron chi connectivity index (χ3n) is 4.38. The second-order valence-corrected chi connectivity index (χ2v) is 5.84. The first-order valence-electron chi connectivity index (χ1n) is 7.77. The Morgan fingerprint density at radius 2 is 1.64 bits per heavy atom. The summed E-state index contributed by atoms with van der Waals surface area (Å²) in [6.45, 7) is 2.89. The van der Waals surface area contributed by atoms with Gasteiger partial charge in [-0.1, -0.05) is 12.1 Å². The Morgan fingerprint density at radius 3 is 2.27 bits per heavy atom. The van der Waals surface area contributed by atoms with Crippen molar-refractivity contribution in [1.82, 2.24) is 4.90 Å². The molecule has 118 valence electrons. The Bertz CT molecular complexity index is 650. The first-order valence-corrected chi connectivity index (χ1v) is 7.77. The molecule has 1 atom stereocenters. The van der Waals surface area contributed by atoms with E-state index in [2.05, 4.69) is 4.90 Å². The minimum Gasteiger partial charge on any atom is -0.493 e. The zero-order valence-corrected chi connectivity index (χ0v) is 13.2. The van der Waals surface area contributed by atoms with Crippen molar-refractivity contribution in [3.05, 3.63) is 35.9 Å². The lowest BCUT2D eigenvalue weighted by Crippen LogP contribution is -2.25. The van der Waals surface area contributed by atoms with Crippen molar-refractivity contribution < 1.29 is 14.6 Å². The maximum Gasteiger partial charge on any atom is 0.161 e. The fourth-order valence-corrected chi connectivity index (χ4v) is 3.12. The Morgan fingerprint density at radius 1 is 1.00 bits per heavy atom. The van der Waals surface area contributed by atoms with E-state index in [1.807, 2.05) is 30.3 Å². The molecule has 1 fully saturated rings. The second kappa shape index (κ2) is 6.55. The van der Waals surface area contributed by atoms with Gasteiger partial charge in [0.2, 0.25) is 0 Å². The number of nitrogens with zero attached hydrogens (tertiary/aromatic N) is 1. The van der Waals surface area contributed by atoms with Crippen molar-refractivity contribution in [2.45, 2.75) is 18.9 Å². The number of hydrogen-bond donors (Lipinski definition) is 1. The van der Waals surface area contributed by atoms with E-state index in [-0.39, 0.29) is 0 Å². The molecule has 0 aromatic heterocycles. The predicted molar refractivity (Wildman–Crippen MR) is 87.7 cm³/mol. The lowest BCUT2D eigenvalue weighted by atomic mass is 10.0. The van der Waals surface area contributed by atoms with Crippen LogP contribution in [0.4, 0.5) is 0 Å². The van der Waals surface area contributed by atoms with E-state index in [0.29, 0.717) is 12.3 Å². The zero-order valence-electron chi connectivity index (χ0n) is 13.2. The van der Waals surface area contributed by atoms with Crippen LogP contribution in [-0.4, -0.2) is 43.9 Å². The summed E-state index contributed by atoms with van der Waals surface area (Å²) in [5.41, 5.74) is 0.951. The van der Waals surface area contributed by atoms with E-state index in [4.69, 9.17) is 9.47 Å². The van der Waals surface area contributed by atoms with E-state index in [1.54, 1.807) is 14.2 Å². The van der Waals surface area contributed by atoms with Crippen molar-refractivity contribution in [3.8, 4) is 11.5 Å². The molecule has 4 nitrogen and oxygen atoms in total. The monoisotopic (exact) mass is 301 g/mol. The number of hydrogen-bond acceptors (Lipinski definition) is 4. The molecule has 1 saturated heterocycles. The zero-order chi connectivity index (χ0) is 15.5. The van der Waals surface area contributed by atoms with Crippen molar-refractivity contribution >= 4 is 10.8 Å². The number of aliphatic hydroxyl groups excluding tert-OH is 1. The fraction of sp³-hybridized carbons (Fsp3) is 0.444. The van der Waals surface area contributed by atoms with Crippen LogP contribution in [0.2, 0.25) is 0 Å². The lowest BCUT2D eigenvalue weighted by molar-refractivity contribution is 0.126. The van der Waals surface area contributed by atoms with Crippen LogP contribution in [0.25, 0.3) is 10.8 Å². The molecular weight excluding hydrogens is 278 g/mol. The molecule has 0 spiro atoms. The number of fused-ring (bicyclic) bond motifs is 1. The highest BCUT2D eigenvalue weighted by Gasteiger charge is 2.17. The van der Waals surface area contributed by atoms with Gasteiger partial charge in [0.1, 0.15) is 0 Å². The van der Waals surface area contributed by atoms with Gasteiger partial charge in [-0.2, -0.15) is 0 Å². The Labute approximate surface area is 131 Å². The maximum absolute atomic E-state index is 10.5. The van der Waals surface area contributed by atoms with E-state index in [9.17, 15) is 5.11 Å². The molecule has 0 saturated carbocycles. The number of likely N-dealkylation sites (tertiary alicyclic amines) is 1. The number of benzene rings is 2. The molecule has 0 bridgehead atoms. The highest BCUT2D eigenvalue weighted by Crippen LogP contribution is 2.33. The minimum absolute atomic E-state index is 0.449. The number of methoxy groups -OCH3 is 2. The highest BCUT2D eigenvalue weighted by atomic mass is 16.5. The van der Waals surface area contributed by atoms with Gasteiger partial charge < -0.3 is 19.5 Å². The summed E-state index contributed by atoms with van der Waals surface area (Å²) in [5, 5.41) is 12.6. The third-order valence-corrected chi connectivity index (χ3v) is 4.38. The first kappa shape index (κ1) is 15.1. The summed E-state index contributed by atoms with van der Waals surface area (Å²) in [4.78, 5) is 2.32. The van der Waals surface area contributed by atoms with Gasteiger partial charge in [-0.15, -0.1) is 0 Å². The van der Waals surface area contributed by atoms with Crippen molar-refractivity contribution in [2.24, 2.45) is 0 Å². The van der Waals surface area contributed by atoms with Gasteiger partial charge in [-0.3, -0.25) is 0 Å². The number of aliphatic hydroxyl groups is 1. The molecule has 1 aliphatic heterocycles. The van der Waals surface area contributed by atoms with Crippen LogP contribution in [0.15, 0.2) is 30.3 Å². The van der Waals surface area contributed by atoms with Gasteiger partial charge in [0.25, 0.3) is 0 Å². The fourth-order valence-electron chi connectivity index (χ4n) is 3.12. The van der Waals surface area contributed by atoms with Gasteiger partial charge in [0, 0.05) is 6.54 Å². The van der Waals surface area contributed by atoms with Gasteiger partial charge in [-0.25, -0.2) is 0 Å². The maximum atomic E-state index is 10.5. The number of ether oxygens (including phenoxy) is 2. The van der Waals surface area contributed by atoms with Crippen LogP contribution in [0, 0.1) is 0 Å². The third kappa shape index (κ3) is 3.03. The first-order chi connectivity index (χ1) is 10.7. The summed E-state index contributed by atoms with van der Waals surface area (Å²) in [5.74, 6) is 1.43. The topological polar surface area (TPSA) is 41.9 Å². The lowest BCUT2D eigenvalue weighted by Gasteiger charge is -2.20. The predicted octanol–water partition coefficient (Wildman–Crippen LogP) is 2.99. The molecule has 22 heavy (non-hydrogen) atoms. The van der Waals surface area contributed by atoms with Crippen LogP contribution < -0.4 is 9.47 Å². The van der Waals surface area contributed by atoms with Crippen LogP contribution in [0.3, 0.4) is 0 Å². The average molecular weight is 301 g/mol. The standard InChI is InChI=1S/C18H23NO3/c1-21-17-10-13-5-6-14(9-15(13)11-18(17)22-2)16(20)12-19-7-3-4-8-19/h5-6,9-11,16,20H,3-4,7-8,12H2,1-2H3. The smallest absolute Gasteiger partial charge is 0.161 e. The summed E-state index contributed by atoms with van der Waals surface area (Å²) < 4.78 is 10.7. The van der Waals surface area contributed by atoms with Crippen molar-refractivity contribution in [2.75, 3.05) is 33.9 Å². The van der Waals surface area contributed by atoms with Gasteiger partial charge >= 0.3 is 0 Å². The average Bonchev–Trinajstić information content (AvgIpc) is 3.05. The molecule has 1 unspecified atom stereocenters. The minimum atomic E-state index is -0.449. The van der Waals surface area contributed by atoms with Crippen LogP contribution in [-0.2, 0) is 0 Å². The molecule has 0 radical (unpaired) electrons. The van der Waals surface area contributed by atoms with Gasteiger partial charge in [0.05, 0.1) is 20.3 Å². The van der Waals surface area contributed by atoms with Crippen molar-refractivity contribution in [1.29, 1.82) is 0 Å². The SMILES string of the molecule is COc1cc2ccc(C(O)CN3CCCC3)cc2cc1OC. The summed E-state index contributed by atoms with van der Waals surface area (Å²) in [7, 11) is 3.27. The second-order valence-electron chi connectivity index (χ2n) is 5.84. The summed E-state index contributed by atoms with van der Waals surface area (Å²) in [6, 6.07) is 9.98. The number of β-amino-alcohol motifs (C(OH)–C–C–N with tert-alkyl or cyclic N) is 1. The van der Waals surface area contributed by atoms with E-state index < -0.39 is 6.10 Å². The summed E-state index contributed by atoms with van der Waals surface area (Å²) in [6.07, 6.45) is 2.03. The van der Waals surface area contributed by atoms with Gasteiger partial charge in [-0.05, 0) is 60.5 Å². The molecule has 1 aliphatic rings. The molecular formula is C18H23NO3. The number of rotatable bonds is 5. The Balaban J connectivity index is 1.87. The Kier molecular flexibility index (Phi) is 4.50. The van der Waals surface area contributed by atoms with Crippen molar-refractivity contribution in [3.63, 3.8) is 0 Å². The molecule has 1 heterocycles. The van der Waals surface area contributed by atoms with Gasteiger partial charge in [0.15, 0.2) is 11.5 Å². The molecule has 4 heteroatoms. The van der Waals surface area contributed by atoms with Crippen LogP contribution in [0.5, 0.6) is 11.5 Å².